The first-order chi connectivity index (χ1) is 9.15. The van der Waals surface area contributed by atoms with Crippen molar-refractivity contribution in [1.82, 2.24) is 4.72 Å². The molecule has 0 heterocycles. The SMILES string of the molecule is CCC(O)(CC)CNS(=O)(=O)c1cc(Cl)cc(N)c1Br. The Morgan fingerprint density at radius 1 is 1.40 bits per heavy atom. The van der Waals surface area contributed by atoms with Gasteiger partial charge in [0, 0.05) is 17.3 Å². The fourth-order valence-electron chi connectivity index (χ4n) is 1.59. The molecular formula is C12H18BrClN2O3S. The number of nitrogens with one attached hydrogen (secondary N) is 1. The first-order valence-corrected chi connectivity index (χ1v) is 8.77. The molecule has 0 radical (unpaired) electrons. The molecule has 0 bridgehead atoms. The van der Waals surface area contributed by atoms with E-state index in [9.17, 15) is 13.5 Å². The minimum Gasteiger partial charge on any atom is -0.398 e. The Morgan fingerprint density at radius 3 is 2.45 bits per heavy atom. The van der Waals surface area contributed by atoms with E-state index < -0.39 is 15.6 Å². The molecule has 0 spiro atoms. The van der Waals surface area contributed by atoms with Crippen molar-refractivity contribution in [3.05, 3.63) is 21.6 Å². The lowest BCUT2D eigenvalue weighted by atomic mass is 9.98. The summed E-state index contributed by atoms with van der Waals surface area (Å²) in [6.45, 7) is 3.53. The number of anilines is 1. The third kappa shape index (κ3) is 4.08. The molecule has 0 aliphatic rings. The van der Waals surface area contributed by atoms with Crippen molar-refractivity contribution in [2.24, 2.45) is 0 Å². The maximum atomic E-state index is 12.3. The van der Waals surface area contributed by atoms with Crippen LogP contribution in [0.15, 0.2) is 21.5 Å². The molecule has 5 nitrogen and oxygen atoms in total. The minimum atomic E-state index is -3.81. The summed E-state index contributed by atoms with van der Waals surface area (Å²) in [6.07, 6.45) is 0.899. The molecule has 0 fully saturated rings. The van der Waals surface area contributed by atoms with Gasteiger partial charge in [-0.2, -0.15) is 0 Å². The Kier molecular flexibility index (Phi) is 5.86. The number of sulfonamides is 1. The summed E-state index contributed by atoms with van der Waals surface area (Å²) in [4.78, 5) is -0.0444. The third-order valence-corrected chi connectivity index (χ3v) is 6.02. The molecule has 0 aromatic heterocycles. The smallest absolute Gasteiger partial charge is 0.241 e. The van der Waals surface area contributed by atoms with Gasteiger partial charge in [-0.1, -0.05) is 25.4 Å². The molecule has 0 atom stereocenters. The maximum Gasteiger partial charge on any atom is 0.241 e. The van der Waals surface area contributed by atoms with E-state index in [0.717, 1.165) is 0 Å². The Bertz CT molecular complexity index is 589. The quantitative estimate of drug-likeness (QED) is 0.656. The van der Waals surface area contributed by atoms with Crippen molar-refractivity contribution in [3.63, 3.8) is 0 Å². The Balaban J connectivity index is 3.07. The largest absolute Gasteiger partial charge is 0.398 e. The van der Waals surface area contributed by atoms with E-state index in [1.54, 1.807) is 13.8 Å². The minimum absolute atomic E-state index is 0.0444. The van der Waals surface area contributed by atoms with Crippen molar-refractivity contribution in [3.8, 4) is 0 Å². The van der Waals surface area contributed by atoms with Gasteiger partial charge in [0.1, 0.15) is 0 Å². The Labute approximate surface area is 132 Å². The number of benzene rings is 1. The summed E-state index contributed by atoms with van der Waals surface area (Å²) >= 11 is 8.97. The number of rotatable bonds is 6. The van der Waals surface area contributed by atoms with E-state index in [-0.39, 0.29) is 26.6 Å². The second-order valence-electron chi connectivity index (χ2n) is 4.56. The molecule has 114 valence electrons. The number of hydrogen-bond donors (Lipinski definition) is 3. The molecule has 1 rings (SSSR count). The van der Waals surface area contributed by atoms with Crippen LogP contribution in [-0.4, -0.2) is 25.7 Å². The van der Waals surface area contributed by atoms with E-state index in [1.807, 2.05) is 0 Å². The summed E-state index contributed by atoms with van der Waals surface area (Å²) in [7, 11) is -3.81. The standard InChI is InChI=1S/C12H18BrClN2O3S/c1-3-12(17,4-2)7-16-20(18,19)10-6-8(14)5-9(15)11(10)13/h5-6,16-17H,3-4,7,15H2,1-2H3. The lowest BCUT2D eigenvalue weighted by Crippen LogP contribution is -2.42. The molecule has 8 heteroatoms. The molecule has 0 aliphatic carbocycles. The van der Waals surface area contributed by atoms with Crippen LogP contribution in [0.1, 0.15) is 26.7 Å². The Morgan fingerprint density at radius 2 is 1.95 bits per heavy atom. The van der Waals surface area contributed by atoms with E-state index in [2.05, 4.69) is 20.7 Å². The van der Waals surface area contributed by atoms with Crippen LogP contribution in [0.25, 0.3) is 0 Å². The fourth-order valence-corrected chi connectivity index (χ4v) is 4.00. The highest BCUT2D eigenvalue weighted by Crippen LogP contribution is 2.31. The van der Waals surface area contributed by atoms with Crippen LogP contribution in [0.3, 0.4) is 0 Å². The average Bonchev–Trinajstić information content (AvgIpc) is 2.40. The lowest BCUT2D eigenvalue weighted by Gasteiger charge is -2.25. The summed E-state index contributed by atoms with van der Waals surface area (Å²) < 4.78 is 27.2. The first kappa shape index (κ1) is 17.7. The van der Waals surface area contributed by atoms with Crippen LogP contribution >= 0.6 is 27.5 Å². The van der Waals surface area contributed by atoms with Gasteiger partial charge < -0.3 is 10.8 Å². The highest BCUT2D eigenvalue weighted by Gasteiger charge is 2.27. The van der Waals surface area contributed by atoms with Gasteiger partial charge in [0.05, 0.1) is 15.0 Å². The molecule has 0 unspecified atom stereocenters. The zero-order valence-electron chi connectivity index (χ0n) is 11.3. The van der Waals surface area contributed by atoms with E-state index in [4.69, 9.17) is 17.3 Å². The van der Waals surface area contributed by atoms with Gasteiger partial charge >= 0.3 is 0 Å². The summed E-state index contributed by atoms with van der Waals surface area (Å²) in [5.41, 5.74) is 4.85. The van der Waals surface area contributed by atoms with Crippen LogP contribution in [0.4, 0.5) is 5.69 Å². The molecule has 1 aromatic rings. The Hall–Kier alpha value is -0.340. The van der Waals surface area contributed by atoms with Gasteiger partial charge in [-0.15, -0.1) is 0 Å². The topological polar surface area (TPSA) is 92.4 Å². The van der Waals surface area contributed by atoms with Crippen molar-refractivity contribution in [1.29, 1.82) is 0 Å². The molecule has 0 amide bonds. The van der Waals surface area contributed by atoms with E-state index in [1.165, 1.54) is 12.1 Å². The van der Waals surface area contributed by atoms with Gasteiger partial charge in [-0.05, 0) is 40.9 Å². The molecule has 0 aliphatic heterocycles. The highest BCUT2D eigenvalue weighted by atomic mass is 79.9. The molecule has 20 heavy (non-hydrogen) atoms. The van der Waals surface area contributed by atoms with E-state index >= 15 is 0 Å². The highest BCUT2D eigenvalue weighted by molar-refractivity contribution is 9.10. The number of hydrogen-bond acceptors (Lipinski definition) is 4. The average molecular weight is 386 g/mol. The zero-order valence-corrected chi connectivity index (χ0v) is 14.4. The molecule has 0 saturated carbocycles. The second-order valence-corrected chi connectivity index (χ2v) is 7.53. The predicted octanol–water partition coefficient (Wildman–Crippen LogP) is 2.51. The second kappa shape index (κ2) is 6.62. The number of halogens is 2. The zero-order chi connectivity index (χ0) is 15.6. The lowest BCUT2D eigenvalue weighted by molar-refractivity contribution is 0.0377. The van der Waals surface area contributed by atoms with Crippen LogP contribution in [0.2, 0.25) is 5.02 Å². The summed E-state index contributed by atoms with van der Waals surface area (Å²) in [5, 5.41) is 10.4. The van der Waals surface area contributed by atoms with Gasteiger partial charge in [-0.25, -0.2) is 13.1 Å². The molecule has 4 N–H and O–H groups in total. The van der Waals surface area contributed by atoms with Gasteiger partial charge in [0.2, 0.25) is 10.0 Å². The molecular weight excluding hydrogens is 368 g/mol. The summed E-state index contributed by atoms with van der Waals surface area (Å²) in [5.74, 6) is 0. The molecule has 0 saturated heterocycles. The van der Waals surface area contributed by atoms with Gasteiger partial charge in [-0.3, -0.25) is 0 Å². The van der Waals surface area contributed by atoms with E-state index in [0.29, 0.717) is 12.8 Å². The third-order valence-electron chi connectivity index (χ3n) is 3.23. The fraction of sp³-hybridized carbons (Fsp3) is 0.500. The van der Waals surface area contributed by atoms with Crippen LogP contribution in [0, 0.1) is 0 Å². The van der Waals surface area contributed by atoms with Crippen molar-refractivity contribution in [2.75, 3.05) is 12.3 Å². The van der Waals surface area contributed by atoms with Crippen molar-refractivity contribution < 1.29 is 13.5 Å². The number of aliphatic hydroxyl groups is 1. The molecule has 1 aromatic carbocycles. The first-order valence-electron chi connectivity index (χ1n) is 6.11. The number of nitrogen functional groups attached to an aromatic ring is 1. The van der Waals surface area contributed by atoms with Crippen LogP contribution in [-0.2, 0) is 10.0 Å². The predicted molar refractivity (Wildman–Crippen MR) is 84.3 cm³/mol. The summed E-state index contributed by atoms with van der Waals surface area (Å²) in [6, 6.07) is 2.76. The normalized spacial score (nSPS) is 12.7. The van der Waals surface area contributed by atoms with Crippen molar-refractivity contribution >= 4 is 43.2 Å². The number of nitrogens with two attached hydrogens (primary N) is 1. The maximum absolute atomic E-state index is 12.3. The van der Waals surface area contributed by atoms with Crippen LogP contribution < -0.4 is 10.5 Å². The van der Waals surface area contributed by atoms with Gasteiger partial charge in [0.15, 0.2) is 0 Å². The van der Waals surface area contributed by atoms with Crippen molar-refractivity contribution in [2.45, 2.75) is 37.2 Å². The van der Waals surface area contributed by atoms with Crippen LogP contribution in [0.5, 0.6) is 0 Å². The van der Waals surface area contributed by atoms with Gasteiger partial charge in [0.25, 0.3) is 0 Å². The monoisotopic (exact) mass is 384 g/mol.